The summed E-state index contributed by atoms with van der Waals surface area (Å²) in [5.74, 6) is 3.62. The summed E-state index contributed by atoms with van der Waals surface area (Å²) in [6.07, 6.45) is 5.84. The number of amides is 1. The van der Waals surface area contributed by atoms with Crippen LogP contribution in [0.5, 0.6) is 0 Å². The summed E-state index contributed by atoms with van der Waals surface area (Å²) in [4.78, 5) is 18.9. The fourth-order valence-electron chi connectivity index (χ4n) is 4.67. The van der Waals surface area contributed by atoms with Gasteiger partial charge in [-0.3, -0.25) is 4.79 Å². The molecule has 4 rings (SSSR count). The van der Waals surface area contributed by atoms with Crippen LogP contribution in [0.1, 0.15) is 50.7 Å². The van der Waals surface area contributed by atoms with Gasteiger partial charge in [0.05, 0.1) is 5.54 Å². The molecule has 1 amide bonds. The minimum atomic E-state index is -0.133. The summed E-state index contributed by atoms with van der Waals surface area (Å²) in [5, 5.41) is 4.39. The van der Waals surface area contributed by atoms with E-state index in [1.165, 1.54) is 19.3 Å². The Morgan fingerprint density at radius 2 is 1.81 bits per heavy atom. The molecule has 5 nitrogen and oxygen atoms in total. The zero-order valence-corrected chi connectivity index (χ0v) is 13.1. The van der Waals surface area contributed by atoms with Gasteiger partial charge in [-0.1, -0.05) is 0 Å². The van der Waals surface area contributed by atoms with Gasteiger partial charge in [0, 0.05) is 13.1 Å². The minimum Gasteiger partial charge on any atom is -0.335 e. The third-order valence-electron chi connectivity index (χ3n) is 5.79. The first kappa shape index (κ1) is 13.3. The lowest BCUT2D eigenvalue weighted by molar-refractivity contribution is 0.0763. The van der Waals surface area contributed by atoms with E-state index >= 15 is 0 Å². The van der Waals surface area contributed by atoms with E-state index in [9.17, 15) is 4.79 Å². The largest absolute Gasteiger partial charge is 0.335 e. The van der Waals surface area contributed by atoms with Gasteiger partial charge in [-0.15, -0.1) is 5.10 Å². The van der Waals surface area contributed by atoms with E-state index in [4.69, 9.17) is 0 Å². The van der Waals surface area contributed by atoms with E-state index in [2.05, 4.69) is 30.9 Å². The van der Waals surface area contributed by atoms with Gasteiger partial charge in [0.1, 0.15) is 6.33 Å². The molecule has 21 heavy (non-hydrogen) atoms. The normalized spacial score (nSPS) is 34.5. The van der Waals surface area contributed by atoms with Crippen LogP contribution < -0.4 is 0 Å². The molecule has 2 bridgehead atoms. The van der Waals surface area contributed by atoms with Crippen LogP contribution in [-0.4, -0.2) is 38.7 Å². The number of nitrogens with zero attached hydrogens (tertiary/aromatic N) is 4. The lowest BCUT2D eigenvalue weighted by Crippen LogP contribution is -2.31. The number of carbonyl (C=O) groups excluding carboxylic acids is 1. The van der Waals surface area contributed by atoms with Crippen LogP contribution in [0.15, 0.2) is 6.33 Å². The molecule has 3 aliphatic rings. The predicted octanol–water partition coefficient (Wildman–Crippen LogP) is 2.15. The first-order valence-electron chi connectivity index (χ1n) is 8.15. The maximum Gasteiger partial charge on any atom is 0.293 e. The summed E-state index contributed by atoms with van der Waals surface area (Å²) in [6.45, 7) is 8.04. The molecule has 1 aliphatic heterocycles. The van der Waals surface area contributed by atoms with Gasteiger partial charge >= 0.3 is 0 Å². The monoisotopic (exact) mass is 288 g/mol. The van der Waals surface area contributed by atoms with Gasteiger partial charge in [-0.05, 0) is 63.7 Å². The quantitative estimate of drug-likeness (QED) is 0.795. The van der Waals surface area contributed by atoms with Gasteiger partial charge in [-0.2, -0.15) is 0 Å². The highest BCUT2D eigenvalue weighted by atomic mass is 16.2. The molecule has 1 aromatic heterocycles. The van der Waals surface area contributed by atoms with Crippen LogP contribution in [-0.2, 0) is 5.54 Å². The Bertz CT molecular complexity index is 555. The van der Waals surface area contributed by atoms with Crippen molar-refractivity contribution in [3.63, 3.8) is 0 Å². The van der Waals surface area contributed by atoms with Crippen molar-refractivity contribution in [3.05, 3.63) is 12.2 Å². The summed E-state index contributed by atoms with van der Waals surface area (Å²) in [6, 6.07) is 0. The Hall–Kier alpha value is -1.39. The molecular formula is C16H24N4O. The highest BCUT2D eigenvalue weighted by Crippen LogP contribution is 2.55. The number of aromatic nitrogens is 3. The Morgan fingerprint density at radius 3 is 2.33 bits per heavy atom. The fraction of sp³-hybridized carbons (Fsp3) is 0.812. The molecule has 4 atom stereocenters. The van der Waals surface area contributed by atoms with Crippen LogP contribution in [0.25, 0.3) is 0 Å². The summed E-state index contributed by atoms with van der Waals surface area (Å²) in [5.41, 5.74) is -0.133. The minimum absolute atomic E-state index is 0.0202. The number of carbonyl (C=O) groups is 1. The van der Waals surface area contributed by atoms with Gasteiger partial charge in [0.2, 0.25) is 5.82 Å². The van der Waals surface area contributed by atoms with Crippen molar-refractivity contribution in [2.75, 3.05) is 13.1 Å². The molecule has 0 aromatic carbocycles. The average Bonchev–Trinajstić information content (AvgIpc) is 3.17. The van der Waals surface area contributed by atoms with E-state index in [0.717, 1.165) is 36.8 Å². The van der Waals surface area contributed by atoms with Gasteiger partial charge in [0.15, 0.2) is 0 Å². The maximum absolute atomic E-state index is 12.6. The Morgan fingerprint density at radius 1 is 1.19 bits per heavy atom. The van der Waals surface area contributed by atoms with Crippen LogP contribution >= 0.6 is 0 Å². The first-order chi connectivity index (χ1) is 9.93. The maximum atomic E-state index is 12.6. The SMILES string of the molecule is CC(C)(C)n1cnc(C(=O)N2CC3C4CCC(C4)C3C2)n1. The molecule has 0 radical (unpaired) electrons. The summed E-state index contributed by atoms with van der Waals surface area (Å²) < 4.78 is 1.78. The number of hydrogen-bond donors (Lipinski definition) is 0. The number of likely N-dealkylation sites (tertiary alicyclic amines) is 1. The van der Waals surface area contributed by atoms with E-state index in [1.54, 1.807) is 11.0 Å². The lowest BCUT2D eigenvalue weighted by Gasteiger charge is -2.22. The summed E-state index contributed by atoms with van der Waals surface area (Å²) >= 11 is 0. The number of fused-ring (bicyclic) bond motifs is 5. The standard InChI is InChI=1S/C16H24N4O/c1-16(2,3)20-9-17-14(18-20)15(21)19-7-12-10-4-5-11(6-10)13(12)8-19/h9-13H,4-8H2,1-3H3. The third kappa shape index (κ3) is 2.00. The van der Waals surface area contributed by atoms with Crippen LogP contribution in [0.4, 0.5) is 0 Å². The predicted molar refractivity (Wildman–Crippen MR) is 78.7 cm³/mol. The number of rotatable bonds is 1. The van der Waals surface area contributed by atoms with Crippen LogP contribution in [0.3, 0.4) is 0 Å². The second-order valence-corrected chi connectivity index (χ2v) is 8.05. The van der Waals surface area contributed by atoms with Crippen molar-refractivity contribution < 1.29 is 4.79 Å². The fourth-order valence-corrected chi connectivity index (χ4v) is 4.67. The van der Waals surface area contributed by atoms with Crippen molar-refractivity contribution in [1.29, 1.82) is 0 Å². The molecule has 2 aliphatic carbocycles. The van der Waals surface area contributed by atoms with Crippen LogP contribution in [0.2, 0.25) is 0 Å². The van der Waals surface area contributed by atoms with Crippen molar-refractivity contribution in [2.24, 2.45) is 23.7 Å². The molecule has 1 aromatic rings. The van der Waals surface area contributed by atoms with Gasteiger partial charge in [0.25, 0.3) is 5.91 Å². The highest BCUT2D eigenvalue weighted by molar-refractivity contribution is 5.90. The van der Waals surface area contributed by atoms with E-state index < -0.39 is 0 Å². The molecule has 2 heterocycles. The van der Waals surface area contributed by atoms with E-state index in [1.807, 2.05) is 4.90 Å². The lowest BCUT2D eigenvalue weighted by atomic mass is 9.82. The van der Waals surface area contributed by atoms with Crippen molar-refractivity contribution in [2.45, 2.75) is 45.6 Å². The van der Waals surface area contributed by atoms with Crippen molar-refractivity contribution >= 4 is 5.91 Å². The van der Waals surface area contributed by atoms with Crippen molar-refractivity contribution in [1.82, 2.24) is 19.7 Å². The topological polar surface area (TPSA) is 51.0 Å². The Labute approximate surface area is 125 Å². The molecule has 5 heteroatoms. The smallest absolute Gasteiger partial charge is 0.293 e. The average molecular weight is 288 g/mol. The molecule has 3 fully saturated rings. The molecule has 0 spiro atoms. The second-order valence-electron chi connectivity index (χ2n) is 8.05. The zero-order chi connectivity index (χ0) is 14.8. The molecule has 0 N–H and O–H groups in total. The second kappa shape index (κ2) is 4.31. The van der Waals surface area contributed by atoms with Crippen molar-refractivity contribution in [3.8, 4) is 0 Å². The van der Waals surface area contributed by atoms with Gasteiger partial charge in [-0.25, -0.2) is 9.67 Å². The third-order valence-corrected chi connectivity index (χ3v) is 5.79. The Kier molecular flexibility index (Phi) is 2.72. The Balaban J connectivity index is 1.50. The van der Waals surface area contributed by atoms with E-state index in [0.29, 0.717) is 5.82 Å². The molecule has 2 saturated carbocycles. The first-order valence-corrected chi connectivity index (χ1v) is 8.15. The van der Waals surface area contributed by atoms with Gasteiger partial charge < -0.3 is 4.90 Å². The molecule has 4 unspecified atom stereocenters. The summed E-state index contributed by atoms with van der Waals surface area (Å²) in [7, 11) is 0. The molecule has 1 saturated heterocycles. The molecular weight excluding hydrogens is 264 g/mol. The highest BCUT2D eigenvalue weighted by Gasteiger charge is 2.52. The number of hydrogen-bond acceptors (Lipinski definition) is 3. The van der Waals surface area contributed by atoms with Crippen LogP contribution in [0, 0.1) is 23.7 Å². The van der Waals surface area contributed by atoms with E-state index in [-0.39, 0.29) is 11.4 Å². The molecule has 114 valence electrons. The zero-order valence-electron chi connectivity index (χ0n) is 13.1.